The monoisotopic (exact) mass is 509 g/mol. The number of hydrogen-bond donors (Lipinski definition) is 3. The summed E-state index contributed by atoms with van der Waals surface area (Å²) in [5.74, 6) is 0.829. The molecule has 4 N–H and O–H groups in total. The molecule has 3 heterocycles. The number of amides is 1. The van der Waals surface area contributed by atoms with Crippen molar-refractivity contribution < 1.29 is 9.53 Å². The topological polar surface area (TPSA) is 120 Å². The van der Waals surface area contributed by atoms with Gasteiger partial charge in [0.1, 0.15) is 17.8 Å². The van der Waals surface area contributed by atoms with E-state index in [1.807, 2.05) is 19.1 Å². The molecular weight excluding hydrogens is 482 g/mol. The van der Waals surface area contributed by atoms with Crippen LogP contribution in [0, 0.1) is 6.92 Å². The lowest BCUT2D eigenvalue weighted by Gasteiger charge is -2.16. The Morgan fingerprint density at radius 2 is 2.18 bits per heavy atom. The molecule has 1 aliphatic heterocycles. The van der Waals surface area contributed by atoms with E-state index in [0.29, 0.717) is 23.4 Å². The third-order valence-corrected chi connectivity index (χ3v) is 5.29. The second kappa shape index (κ2) is 12.2. The second-order valence-electron chi connectivity index (χ2n) is 7.39. The van der Waals surface area contributed by atoms with Gasteiger partial charge in [0.2, 0.25) is 5.95 Å². The Morgan fingerprint density at radius 3 is 2.88 bits per heavy atom. The molecule has 1 amide bonds. The van der Waals surface area contributed by atoms with E-state index in [-0.39, 0.29) is 57.2 Å². The van der Waals surface area contributed by atoms with Crippen molar-refractivity contribution in [1.29, 1.82) is 0 Å². The van der Waals surface area contributed by atoms with Crippen molar-refractivity contribution in [3.63, 3.8) is 0 Å². The third kappa shape index (κ3) is 6.61. The molecule has 0 saturated carbocycles. The number of aryl methyl sites for hydroxylation is 1. The van der Waals surface area contributed by atoms with Gasteiger partial charge in [-0.15, -0.1) is 0 Å². The highest BCUT2D eigenvalue weighted by Crippen LogP contribution is 2.19. The SMILES string of the molecule is Cc1cnc(N[C@H]2CCOC2)nc1-n1cnc(C(=O)N[C@H](CN)c2cccc(Cl)c2)c1.S.S. The number of aromatic nitrogens is 4. The zero-order chi connectivity index (χ0) is 21.8. The van der Waals surface area contributed by atoms with Gasteiger partial charge in [-0.05, 0) is 31.0 Å². The summed E-state index contributed by atoms with van der Waals surface area (Å²) in [6.45, 7) is 3.51. The van der Waals surface area contributed by atoms with E-state index < -0.39 is 0 Å². The van der Waals surface area contributed by atoms with E-state index in [4.69, 9.17) is 22.1 Å². The van der Waals surface area contributed by atoms with Crippen LogP contribution in [-0.4, -0.2) is 51.2 Å². The quantitative estimate of drug-likeness (QED) is 0.447. The first-order chi connectivity index (χ1) is 15.0. The summed E-state index contributed by atoms with van der Waals surface area (Å²) < 4.78 is 7.09. The molecule has 2 atom stereocenters. The predicted molar refractivity (Wildman–Crippen MR) is 138 cm³/mol. The summed E-state index contributed by atoms with van der Waals surface area (Å²) in [7, 11) is 0. The number of anilines is 1. The van der Waals surface area contributed by atoms with Crippen molar-refractivity contribution in [2.45, 2.75) is 25.4 Å². The Morgan fingerprint density at radius 1 is 1.36 bits per heavy atom. The van der Waals surface area contributed by atoms with Gasteiger partial charge in [0.05, 0.1) is 18.7 Å². The Bertz CT molecular complexity index is 1080. The average Bonchev–Trinajstić information content (AvgIpc) is 3.45. The van der Waals surface area contributed by atoms with Crippen LogP contribution < -0.4 is 16.4 Å². The minimum atomic E-state index is -0.374. The molecule has 1 saturated heterocycles. The van der Waals surface area contributed by atoms with Crippen LogP contribution in [0.25, 0.3) is 5.82 Å². The summed E-state index contributed by atoms with van der Waals surface area (Å²) in [6, 6.07) is 7.07. The van der Waals surface area contributed by atoms with E-state index in [9.17, 15) is 4.79 Å². The lowest BCUT2D eigenvalue weighted by Crippen LogP contribution is -2.33. The third-order valence-electron chi connectivity index (χ3n) is 5.06. The van der Waals surface area contributed by atoms with E-state index in [2.05, 4.69) is 25.6 Å². The molecule has 33 heavy (non-hydrogen) atoms. The highest BCUT2D eigenvalue weighted by atomic mass is 35.5. The molecule has 178 valence electrons. The van der Waals surface area contributed by atoms with E-state index >= 15 is 0 Å². The number of rotatable bonds is 7. The molecule has 9 nitrogen and oxygen atoms in total. The van der Waals surface area contributed by atoms with Crippen LogP contribution in [0.1, 0.15) is 34.1 Å². The summed E-state index contributed by atoms with van der Waals surface area (Å²) in [4.78, 5) is 26.0. The molecule has 4 rings (SSSR count). The number of nitrogens with one attached hydrogen (secondary N) is 2. The van der Waals surface area contributed by atoms with Gasteiger partial charge < -0.3 is 21.1 Å². The Labute approximate surface area is 211 Å². The molecule has 1 aliphatic rings. The fraction of sp³-hybridized carbons (Fsp3) is 0.333. The van der Waals surface area contributed by atoms with Crippen molar-refractivity contribution in [3.05, 3.63) is 64.8 Å². The van der Waals surface area contributed by atoms with Crippen molar-refractivity contribution >= 4 is 50.4 Å². The number of carbonyl (C=O) groups excluding carboxylic acids is 1. The molecule has 0 radical (unpaired) electrons. The smallest absolute Gasteiger partial charge is 0.272 e. The predicted octanol–water partition coefficient (Wildman–Crippen LogP) is 2.48. The molecule has 0 unspecified atom stereocenters. The first kappa shape index (κ1) is 26.9. The van der Waals surface area contributed by atoms with E-state index in [1.54, 1.807) is 35.4 Å². The molecule has 0 aliphatic carbocycles. The van der Waals surface area contributed by atoms with Crippen LogP contribution in [0.5, 0.6) is 0 Å². The molecule has 2 aromatic heterocycles. The number of nitrogens with zero attached hydrogens (tertiary/aromatic N) is 4. The molecule has 0 spiro atoms. The molecular formula is C21H28ClN7O2S2. The first-order valence-corrected chi connectivity index (χ1v) is 10.4. The number of ether oxygens (including phenoxy) is 1. The van der Waals surface area contributed by atoms with Crippen LogP contribution in [0.3, 0.4) is 0 Å². The van der Waals surface area contributed by atoms with E-state index in [0.717, 1.165) is 24.2 Å². The van der Waals surface area contributed by atoms with Gasteiger partial charge in [-0.3, -0.25) is 9.36 Å². The molecule has 12 heteroatoms. The minimum Gasteiger partial charge on any atom is -0.379 e. The number of halogens is 1. The minimum absolute atomic E-state index is 0. The summed E-state index contributed by atoms with van der Waals surface area (Å²) in [5.41, 5.74) is 7.82. The highest BCUT2D eigenvalue weighted by molar-refractivity contribution is 7.59. The molecule has 3 aromatic rings. The number of imidazole rings is 1. The Balaban J connectivity index is 0.00000193. The summed E-state index contributed by atoms with van der Waals surface area (Å²) in [6.07, 6.45) is 5.85. The number of carbonyl (C=O) groups is 1. The normalized spacial score (nSPS) is 15.8. The summed E-state index contributed by atoms with van der Waals surface area (Å²) in [5, 5.41) is 6.77. The van der Waals surface area contributed by atoms with Crippen LogP contribution in [0.15, 0.2) is 43.0 Å². The van der Waals surface area contributed by atoms with Crippen molar-refractivity contribution in [2.24, 2.45) is 5.73 Å². The van der Waals surface area contributed by atoms with Crippen molar-refractivity contribution in [2.75, 3.05) is 25.1 Å². The van der Waals surface area contributed by atoms with Crippen LogP contribution in [0.2, 0.25) is 5.02 Å². The maximum absolute atomic E-state index is 12.8. The van der Waals surface area contributed by atoms with Gasteiger partial charge >= 0.3 is 0 Å². The van der Waals surface area contributed by atoms with Crippen LogP contribution in [-0.2, 0) is 4.74 Å². The van der Waals surface area contributed by atoms with Gasteiger partial charge in [0.25, 0.3) is 5.91 Å². The standard InChI is InChI=1S/C21H24ClN7O2.2H2S/c1-13-9-24-21(26-16-5-6-31-11-16)28-19(13)29-10-18(25-12-29)20(30)27-17(8-23)14-3-2-4-15(22)7-14;;/h2-4,7,9-10,12,16-17H,5-6,8,11,23H2,1H3,(H,27,30)(H,24,26,28);2*1H2/t16-,17+;;/m0../s1. The fourth-order valence-electron chi connectivity index (χ4n) is 3.38. The largest absolute Gasteiger partial charge is 0.379 e. The summed E-state index contributed by atoms with van der Waals surface area (Å²) >= 11 is 6.06. The number of hydrogen-bond acceptors (Lipinski definition) is 7. The van der Waals surface area contributed by atoms with Crippen molar-refractivity contribution in [3.8, 4) is 5.82 Å². The van der Waals surface area contributed by atoms with Crippen molar-refractivity contribution in [1.82, 2.24) is 24.8 Å². The zero-order valence-corrected chi connectivity index (χ0v) is 20.8. The van der Waals surface area contributed by atoms with E-state index in [1.165, 1.54) is 0 Å². The Kier molecular flexibility index (Phi) is 9.99. The number of nitrogens with two attached hydrogens (primary N) is 1. The molecule has 1 fully saturated rings. The van der Waals surface area contributed by atoms with Gasteiger partial charge in [-0.1, -0.05) is 23.7 Å². The highest BCUT2D eigenvalue weighted by Gasteiger charge is 2.19. The zero-order valence-electron chi connectivity index (χ0n) is 18.1. The van der Waals surface area contributed by atoms with Gasteiger partial charge in [0, 0.05) is 36.1 Å². The average molecular weight is 510 g/mol. The van der Waals surface area contributed by atoms with Crippen LogP contribution >= 0.6 is 38.6 Å². The second-order valence-corrected chi connectivity index (χ2v) is 7.82. The Hall–Kier alpha value is -2.31. The fourth-order valence-corrected chi connectivity index (χ4v) is 3.58. The molecule has 0 bridgehead atoms. The lowest BCUT2D eigenvalue weighted by molar-refractivity contribution is 0.0933. The van der Waals surface area contributed by atoms with Crippen LogP contribution in [0.4, 0.5) is 5.95 Å². The maximum Gasteiger partial charge on any atom is 0.272 e. The molecule has 1 aromatic carbocycles. The number of benzene rings is 1. The maximum atomic E-state index is 12.8. The first-order valence-electron chi connectivity index (χ1n) is 10.0. The van der Waals surface area contributed by atoms with Gasteiger partial charge in [-0.25, -0.2) is 9.97 Å². The lowest BCUT2D eigenvalue weighted by atomic mass is 10.1. The van der Waals surface area contributed by atoms with Gasteiger partial charge in [0.15, 0.2) is 0 Å². The van der Waals surface area contributed by atoms with Gasteiger partial charge in [-0.2, -0.15) is 32.0 Å².